The Bertz CT molecular complexity index is 696. The van der Waals surface area contributed by atoms with Crippen LogP contribution in [0.15, 0.2) is 42.6 Å². The van der Waals surface area contributed by atoms with Gasteiger partial charge in [-0.3, -0.25) is 4.79 Å². The maximum absolute atomic E-state index is 12.8. The van der Waals surface area contributed by atoms with Gasteiger partial charge in [0.25, 0.3) is 0 Å². The lowest BCUT2D eigenvalue weighted by molar-refractivity contribution is -0.130. The quantitative estimate of drug-likeness (QED) is 0.913. The number of pyridine rings is 1. The molecule has 3 rings (SSSR count). The molecule has 0 unspecified atom stereocenters. The second-order valence-electron chi connectivity index (χ2n) is 5.84. The van der Waals surface area contributed by atoms with Gasteiger partial charge in [0.05, 0.1) is 12.5 Å². The minimum Gasteiger partial charge on any atom is -0.481 e. The van der Waals surface area contributed by atoms with E-state index in [4.69, 9.17) is 16.3 Å². The molecule has 1 aliphatic rings. The highest BCUT2D eigenvalue weighted by molar-refractivity contribution is 6.30. The Morgan fingerprint density at radius 2 is 2.17 bits per heavy atom. The van der Waals surface area contributed by atoms with Crippen molar-refractivity contribution in [2.45, 2.75) is 31.2 Å². The van der Waals surface area contributed by atoms with Crippen molar-refractivity contribution in [2.75, 3.05) is 7.11 Å². The lowest BCUT2D eigenvalue weighted by Crippen LogP contribution is -2.49. The van der Waals surface area contributed by atoms with Gasteiger partial charge in [-0.25, -0.2) is 4.98 Å². The van der Waals surface area contributed by atoms with Gasteiger partial charge < -0.3 is 10.1 Å². The average molecular weight is 331 g/mol. The zero-order valence-electron chi connectivity index (χ0n) is 13.0. The van der Waals surface area contributed by atoms with E-state index in [1.54, 1.807) is 19.4 Å². The first-order chi connectivity index (χ1) is 11.1. The third kappa shape index (κ3) is 3.17. The Balaban J connectivity index is 1.70. The number of nitrogens with zero attached hydrogens (tertiary/aromatic N) is 1. The van der Waals surface area contributed by atoms with Crippen LogP contribution < -0.4 is 10.1 Å². The number of rotatable bonds is 5. The summed E-state index contributed by atoms with van der Waals surface area (Å²) in [6.45, 7) is 0.456. The molecular weight excluding hydrogens is 312 g/mol. The number of nitrogens with one attached hydrogen (secondary N) is 1. The number of aromatic nitrogens is 1. The highest BCUT2D eigenvalue weighted by Gasteiger charge is 2.45. The van der Waals surface area contributed by atoms with Crippen LogP contribution in [0, 0.1) is 0 Å². The number of benzene rings is 1. The van der Waals surface area contributed by atoms with Crippen LogP contribution in [0.2, 0.25) is 5.02 Å². The van der Waals surface area contributed by atoms with E-state index in [0.29, 0.717) is 17.4 Å². The molecule has 5 heteroatoms. The summed E-state index contributed by atoms with van der Waals surface area (Å²) >= 11 is 6.09. The van der Waals surface area contributed by atoms with Gasteiger partial charge in [0.1, 0.15) is 0 Å². The van der Waals surface area contributed by atoms with Crippen molar-refractivity contribution in [3.05, 3.63) is 58.7 Å². The first-order valence-electron chi connectivity index (χ1n) is 7.67. The largest absolute Gasteiger partial charge is 0.481 e. The Hall–Kier alpha value is -2.07. The summed E-state index contributed by atoms with van der Waals surface area (Å²) in [7, 11) is 1.58. The zero-order chi connectivity index (χ0) is 16.3. The topological polar surface area (TPSA) is 51.2 Å². The van der Waals surface area contributed by atoms with Crippen molar-refractivity contribution < 1.29 is 9.53 Å². The van der Waals surface area contributed by atoms with Gasteiger partial charge in [-0.05, 0) is 36.1 Å². The third-order valence-corrected chi connectivity index (χ3v) is 4.71. The van der Waals surface area contributed by atoms with Gasteiger partial charge in [-0.1, -0.05) is 36.2 Å². The van der Waals surface area contributed by atoms with Crippen molar-refractivity contribution in [1.82, 2.24) is 10.3 Å². The minimum atomic E-state index is -0.440. The first kappa shape index (κ1) is 15.8. The molecule has 1 N–H and O–H groups in total. The summed E-state index contributed by atoms with van der Waals surface area (Å²) in [6, 6.07) is 11.3. The lowest BCUT2D eigenvalue weighted by Gasteiger charge is -2.40. The molecule has 1 aromatic carbocycles. The molecule has 1 heterocycles. The Labute approximate surface area is 140 Å². The average Bonchev–Trinajstić information content (AvgIpc) is 2.52. The number of halogens is 1. The molecule has 120 valence electrons. The number of amides is 1. The summed E-state index contributed by atoms with van der Waals surface area (Å²) in [4.78, 5) is 16.9. The molecule has 4 nitrogen and oxygen atoms in total. The van der Waals surface area contributed by atoms with Gasteiger partial charge in [-0.2, -0.15) is 0 Å². The maximum atomic E-state index is 12.8. The number of carbonyl (C=O) groups is 1. The van der Waals surface area contributed by atoms with Crippen molar-refractivity contribution >= 4 is 17.5 Å². The minimum absolute atomic E-state index is 0.0573. The first-order valence-corrected chi connectivity index (χ1v) is 8.05. The highest BCUT2D eigenvalue weighted by atomic mass is 35.5. The van der Waals surface area contributed by atoms with Gasteiger partial charge in [0.2, 0.25) is 11.8 Å². The maximum Gasteiger partial charge on any atom is 0.230 e. The Morgan fingerprint density at radius 3 is 2.74 bits per heavy atom. The fourth-order valence-electron chi connectivity index (χ4n) is 2.95. The number of carbonyl (C=O) groups excluding carboxylic acids is 1. The molecule has 0 saturated heterocycles. The van der Waals surface area contributed by atoms with E-state index in [-0.39, 0.29) is 5.91 Å². The number of ether oxygens (including phenoxy) is 1. The second kappa shape index (κ2) is 6.59. The number of hydrogen-bond acceptors (Lipinski definition) is 3. The van der Waals surface area contributed by atoms with E-state index in [2.05, 4.69) is 10.3 Å². The summed E-state index contributed by atoms with van der Waals surface area (Å²) in [6.07, 6.45) is 4.50. The number of hydrogen-bond donors (Lipinski definition) is 1. The van der Waals surface area contributed by atoms with Crippen molar-refractivity contribution in [1.29, 1.82) is 0 Å². The van der Waals surface area contributed by atoms with Crippen LogP contribution in [0.1, 0.15) is 30.4 Å². The zero-order valence-corrected chi connectivity index (χ0v) is 13.8. The van der Waals surface area contributed by atoms with Crippen molar-refractivity contribution in [3.63, 3.8) is 0 Å². The van der Waals surface area contributed by atoms with Gasteiger partial charge in [0, 0.05) is 23.8 Å². The molecule has 0 bridgehead atoms. The molecule has 1 aliphatic carbocycles. The van der Waals surface area contributed by atoms with Crippen LogP contribution in [0.25, 0.3) is 0 Å². The molecular formula is C18H19ClN2O2. The van der Waals surface area contributed by atoms with E-state index >= 15 is 0 Å². The molecule has 0 atom stereocenters. The highest BCUT2D eigenvalue weighted by Crippen LogP contribution is 2.44. The number of methoxy groups -OCH3 is 1. The lowest BCUT2D eigenvalue weighted by atomic mass is 9.64. The molecule has 2 aromatic rings. The summed E-state index contributed by atoms with van der Waals surface area (Å²) in [5.74, 6) is 0.622. The van der Waals surface area contributed by atoms with Gasteiger partial charge in [0.15, 0.2) is 0 Å². The van der Waals surface area contributed by atoms with E-state index < -0.39 is 5.41 Å². The molecule has 1 aromatic heterocycles. The standard InChI is InChI=1S/C18H19ClN2O2/c1-23-16-7-6-13(11-20-16)12-21-17(22)18(8-3-9-18)14-4-2-5-15(19)10-14/h2,4-7,10-11H,3,8-9,12H2,1H3,(H,21,22). The summed E-state index contributed by atoms with van der Waals surface area (Å²) in [5, 5.41) is 3.70. The van der Waals surface area contributed by atoms with Crippen LogP contribution in [0.4, 0.5) is 0 Å². The van der Waals surface area contributed by atoms with Crippen LogP contribution >= 0.6 is 11.6 Å². The SMILES string of the molecule is COc1ccc(CNC(=O)C2(c3cccc(Cl)c3)CCC2)cn1. The van der Waals surface area contributed by atoms with Gasteiger partial charge >= 0.3 is 0 Å². The molecule has 1 fully saturated rings. The monoisotopic (exact) mass is 330 g/mol. The molecule has 23 heavy (non-hydrogen) atoms. The van der Waals surface area contributed by atoms with Crippen molar-refractivity contribution in [3.8, 4) is 5.88 Å². The Kier molecular flexibility index (Phi) is 4.53. The third-order valence-electron chi connectivity index (χ3n) is 4.48. The molecule has 1 saturated carbocycles. The smallest absolute Gasteiger partial charge is 0.230 e. The molecule has 1 amide bonds. The van der Waals surface area contributed by atoms with Gasteiger partial charge in [-0.15, -0.1) is 0 Å². The van der Waals surface area contributed by atoms with E-state index in [9.17, 15) is 4.79 Å². The van der Waals surface area contributed by atoms with E-state index in [1.165, 1.54) is 0 Å². The second-order valence-corrected chi connectivity index (χ2v) is 6.27. The van der Waals surface area contributed by atoms with Crippen LogP contribution in [-0.2, 0) is 16.8 Å². The predicted octanol–water partition coefficient (Wildman–Crippen LogP) is 3.48. The van der Waals surface area contributed by atoms with Crippen LogP contribution in [0.3, 0.4) is 0 Å². The van der Waals surface area contributed by atoms with Crippen molar-refractivity contribution in [2.24, 2.45) is 0 Å². The van der Waals surface area contributed by atoms with E-state index in [0.717, 1.165) is 30.4 Å². The molecule has 0 aliphatic heterocycles. The summed E-state index contributed by atoms with van der Waals surface area (Å²) < 4.78 is 5.03. The van der Waals surface area contributed by atoms with Crippen LogP contribution in [0.5, 0.6) is 5.88 Å². The normalized spacial score (nSPS) is 15.6. The summed E-state index contributed by atoms with van der Waals surface area (Å²) in [5.41, 5.74) is 1.51. The van der Waals surface area contributed by atoms with E-state index in [1.807, 2.05) is 30.3 Å². The predicted molar refractivity (Wildman–Crippen MR) is 89.6 cm³/mol. The fourth-order valence-corrected chi connectivity index (χ4v) is 3.14. The molecule has 0 spiro atoms. The Morgan fingerprint density at radius 1 is 1.35 bits per heavy atom. The fraction of sp³-hybridized carbons (Fsp3) is 0.333. The molecule has 0 radical (unpaired) electrons. The van der Waals surface area contributed by atoms with Crippen LogP contribution in [-0.4, -0.2) is 18.0 Å².